The molecule has 0 bridgehead atoms. The molecule has 0 amide bonds. The van der Waals surface area contributed by atoms with Crippen LogP contribution in [-0.2, 0) is 6.61 Å². The van der Waals surface area contributed by atoms with Gasteiger partial charge in [0.1, 0.15) is 12.4 Å². The van der Waals surface area contributed by atoms with Crippen molar-refractivity contribution in [3.63, 3.8) is 0 Å². The summed E-state index contributed by atoms with van der Waals surface area (Å²) in [5, 5.41) is 12.2. The van der Waals surface area contributed by atoms with E-state index in [1.165, 1.54) is 0 Å². The first-order valence-electron chi connectivity index (χ1n) is 6.45. The third kappa shape index (κ3) is 3.15. The summed E-state index contributed by atoms with van der Waals surface area (Å²) in [4.78, 5) is 4.30. The summed E-state index contributed by atoms with van der Waals surface area (Å²) in [6.45, 7) is 6.12. The fourth-order valence-corrected chi connectivity index (χ4v) is 1.92. The van der Waals surface area contributed by atoms with Gasteiger partial charge in [0.25, 0.3) is 0 Å². The molecule has 0 aliphatic heterocycles. The lowest BCUT2D eigenvalue weighted by Crippen LogP contribution is -2.05. The Bertz CT molecular complexity index is 636. The van der Waals surface area contributed by atoms with E-state index in [-0.39, 0.29) is 0 Å². The van der Waals surface area contributed by atoms with Crippen molar-refractivity contribution in [2.75, 3.05) is 0 Å². The number of nitrogens with zero attached hydrogens (tertiary/aromatic N) is 2. The lowest BCUT2D eigenvalue weighted by Gasteiger charge is -2.12. The number of pyridine rings is 1. The van der Waals surface area contributed by atoms with Gasteiger partial charge in [-0.3, -0.25) is 4.98 Å². The second-order valence-corrected chi connectivity index (χ2v) is 4.74. The molecule has 1 N–H and O–H groups in total. The van der Waals surface area contributed by atoms with Crippen LogP contribution in [0.2, 0.25) is 0 Å². The van der Waals surface area contributed by atoms with Gasteiger partial charge in [0.2, 0.25) is 0 Å². The predicted octanol–water partition coefficient (Wildman–Crippen LogP) is 3.48. The van der Waals surface area contributed by atoms with Crippen LogP contribution in [0, 0.1) is 13.8 Å². The van der Waals surface area contributed by atoms with Crippen LogP contribution in [-0.4, -0.2) is 15.9 Å². The molecule has 2 rings (SSSR count). The topological polar surface area (TPSA) is 54.7 Å². The maximum atomic E-state index is 8.95. The van der Waals surface area contributed by atoms with Crippen molar-refractivity contribution < 1.29 is 9.94 Å². The molecule has 0 radical (unpaired) electrons. The fourth-order valence-electron chi connectivity index (χ4n) is 1.92. The minimum Gasteiger partial charge on any atom is -0.487 e. The molecule has 4 heteroatoms. The molecule has 0 fully saturated rings. The molecular formula is C16H18N2O2. The largest absolute Gasteiger partial charge is 0.487 e. The summed E-state index contributed by atoms with van der Waals surface area (Å²) in [6, 6.07) is 9.70. The monoisotopic (exact) mass is 270 g/mol. The Labute approximate surface area is 118 Å². The second-order valence-electron chi connectivity index (χ2n) is 4.74. The van der Waals surface area contributed by atoms with Crippen molar-refractivity contribution in [1.82, 2.24) is 4.98 Å². The van der Waals surface area contributed by atoms with Crippen molar-refractivity contribution in [3.8, 4) is 5.75 Å². The summed E-state index contributed by atoms with van der Waals surface area (Å²) < 4.78 is 5.83. The third-order valence-corrected chi connectivity index (χ3v) is 3.16. The first-order valence-corrected chi connectivity index (χ1v) is 6.45. The van der Waals surface area contributed by atoms with Gasteiger partial charge in [0.15, 0.2) is 0 Å². The summed E-state index contributed by atoms with van der Waals surface area (Å²) in [5.41, 5.74) is 4.40. The number of benzene rings is 1. The van der Waals surface area contributed by atoms with Gasteiger partial charge in [-0.2, -0.15) is 0 Å². The molecule has 1 heterocycles. The SMILES string of the molecule is C/C(=N/O)c1cc(C)ccc1OCc1ncccc1C. The van der Waals surface area contributed by atoms with E-state index in [0.717, 1.165) is 22.4 Å². The molecule has 2 aromatic rings. The number of aromatic nitrogens is 1. The lowest BCUT2D eigenvalue weighted by atomic mass is 10.1. The maximum Gasteiger partial charge on any atom is 0.130 e. The fraction of sp³-hybridized carbons (Fsp3) is 0.250. The van der Waals surface area contributed by atoms with E-state index in [0.29, 0.717) is 18.1 Å². The number of hydrogen-bond acceptors (Lipinski definition) is 4. The molecule has 0 saturated heterocycles. The maximum absolute atomic E-state index is 8.95. The van der Waals surface area contributed by atoms with E-state index < -0.39 is 0 Å². The predicted molar refractivity (Wildman–Crippen MR) is 78.5 cm³/mol. The molecule has 0 saturated carbocycles. The highest BCUT2D eigenvalue weighted by Gasteiger charge is 2.09. The Balaban J connectivity index is 2.24. The smallest absolute Gasteiger partial charge is 0.130 e. The Kier molecular flexibility index (Phi) is 4.35. The average molecular weight is 270 g/mol. The Morgan fingerprint density at radius 1 is 1.30 bits per heavy atom. The van der Waals surface area contributed by atoms with Gasteiger partial charge in [-0.25, -0.2) is 0 Å². The molecule has 0 aliphatic rings. The van der Waals surface area contributed by atoms with Crippen LogP contribution in [0.3, 0.4) is 0 Å². The number of rotatable bonds is 4. The summed E-state index contributed by atoms with van der Waals surface area (Å²) in [7, 11) is 0. The van der Waals surface area contributed by atoms with Crippen LogP contribution in [0.25, 0.3) is 0 Å². The van der Waals surface area contributed by atoms with E-state index in [9.17, 15) is 0 Å². The third-order valence-electron chi connectivity index (χ3n) is 3.16. The number of oxime groups is 1. The van der Waals surface area contributed by atoms with Crippen LogP contribution in [0.4, 0.5) is 0 Å². The number of ether oxygens (including phenoxy) is 1. The Morgan fingerprint density at radius 3 is 2.80 bits per heavy atom. The van der Waals surface area contributed by atoms with Crippen LogP contribution in [0.1, 0.15) is 29.3 Å². The molecule has 0 atom stereocenters. The molecule has 4 nitrogen and oxygen atoms in total. The number of aryl methyl sites for hydroxylation is 2. The average Bonchev–Trinajstić information content (AvgIpc) is 2.46. The summed E-state index contributed by atoms with van der Waals surface area (Å²) in [6.07, 6.45) is 1.75. The van der Waals surface area contributed by atoms with E-state index in [4.69, 9.17) is 9.94 Å². The van der Waals surface area contributed by atoms with Gasteiger partial charge < -0.3 is 9.94 Å². The van der Waals surface area contributed by atoms with Crippen molar-refractivity contribution in [2.24, 2.45) is 5.16 Å². The lowest BCUT2D eigenvalue weighted by molar-refractivity contribution is 0.298. The van der Waals surface area contributed by atoms with Crippen LogP contribution < -0.4 is 4.74 Å². The highest BCUT2D eigenvalue weighted by molar-refractivity contribution is 6.00. The van der Waals surface area contributed by atoms with E-state index in [2.05, 4.69) is 10.1 Å². The van der Waals surface area contributed by atoms with Crippen molar-refractivity contribution in [2.45, 2.75) is 27.4 Å². The van der Waals surface area contributed by atoms with Crippen molar-refractivity contribution in [3.05, 3.63) is 58.9 Å². The van der Waals surface area contributed by atoms with Gasteiger partial charge >= 0.3 is 0 Å². The molecule has 1 aromatic heterocycles. The molecule has 0 unspecified atom stereocenters. The first kappa shape index (κ1) is 14.1. The quantitative estimate of drug-likeness (QED) is 0.525. The molecular weight excluding hydrogens is 252 g/mol. The number of hydrogen-bond donors (Lipinski definition) is 1. The van der Waals surface area contributed by atoms with Crippen molar-refractivity contribution >= 4 is 5.71 Å². The highest BCUT2D eigenvalue weighted by atomic mass is 16.5. The van der Waals surface area contributed by atoms with Crippen molar-refractivity contribution in [1.29, 1.82) is 0 Å². The zero-order valence-electron chi connectivity index (χ0n) is 11.9. The summed E-state index contributed by atoms with van der Waals surface area (Å²) in [5.74, 6) is 0.691. The van der Waals surface area contributed by atoms with Crippen LogP contribution in [0.15, 0.2) is 41.7 Å². The molecule has 0 spiro atoms. The van der Waals surface area contributed by atoms with Gasteiger partial charge in [-0.15, -0.1) is 0 Å². The van der Waals surface area contributed by atoms with E-state index in [1.54, 1.807) is 13.1 Å². The minimum atomic E-state index is 0.390. The molecule has 1 aromatic carbocycles. The van der Waals surface area contributed by atoms with Crippen LogP contribution >= 0.6 is 0 Å². The van der Waals surface area contributed by atoms with E-state index >= 15 is 0 Å². The minimum absolute atomic E-state index is 0.390. The molecule has 20 heavy (non-hydrogen) atoms. The Hall–Kier alpha value is -2.36. The first-order chi connectivity index (χ1) is 9.61. The van der Waals surface area contributed by atoms with Gasteiger partial charge in [0, 0.05) is 11.8 Å². The zero-order chi connectivity index (χ0) is 14.5. The second kappa shape index (κ2) is 6.19. The highest BCUT2D eigenvalue weighted by Crippen LogP contribution is 2.22. The molecule has 104 valence electrons. The Morgan fingerprint density at radius 2 is 2.10 bits per heavy atom. The zero-order valence-corrected chi connectivity index (χ0v) is 11.9. The van der Waals surface area contributed by atoms with E-state index in [1.807, 2.05) is 44.2 Å². The summed E-state index contributed by atoms with van der Waals surface area (Å²) >= 11 is 0. The molecule has 0 aliphatic carbocycles. The van der Waals surface area contributed by atoms with Gasteiger partial charge in [0.05, 0.1) is 11.4 Å². The van der Waals surface area contributed by atoms with Gasteiger partial charge in [-0.1, -0.05) is 22.9 Å². The van der Waals surface area contributed by atoms with Crippen LogP contribution in [0.5, 0.6) is 5.75 Å². The van der Waals surface area contributed by atoms with Gasteiger partial charge in [-0.05, 0) is 44.5 Å². The standard InChI is InChI=1S/C16H18N2O2/c1-11-6-7-16(14(9-11)13(3)18-19)20-10-15-12(2)5-4-8-17-15/h4-9,19H,10H2,1-3H3/b18-13-. The normalized spacial score (nSPS) is 11.4.